The minimum absolute atomic E-state index is 0.509. The fourth-order valence-corrected chi connectivity index (χ4v) is 8.62. The van der Waals surface area contributed by atoms with E-state index in [2.05, 4.69) is 103 Å². The molecule has 0 aliphatic heterocycles. The summed E-state index contributed by atoms with van der Waals surface area (Å²) in [5, 5.41) is 8.68. The summed E-state index contributed by atoms with van der Waals surface area (Å²) in [4.78, 5) is 0. The molecule has 0 saturated heterocycles. The Hall–Kier alpha value is -2.06. The highest BCUT2D eigenvalue weighted by molar-refractivity contribution is 6.93. The predicted octanol–water partition coefficient (Wildman–Crippen LogP) is 13.6. The Morgan fingerprint density at radius 1 is 0.413 bits per heavy atom. The normalized spacial score (nSPS) is 12.3. The second-order valence-corrected chi connectivity index (χ2v) is 15.1. The molecule has 2 heteroatoms. The Morgan fingerprint density at radius 2 is 0.783 bits per heavy atom. The number of quaternary nitrogens is 1. The first-order valence-corrected chi connectivity index (χ1v) is 20.2. The second kappa shape index (κ2) is 20.3. The Balaban J connectivity index is 0.000000292. The third-order valence-electron chi connectivity index (χ3n) is 11.5. The van der Waals surface area contributed by atoms with E-state index in [0.717, 1.165) is 0 Å². The summed E-state index contributed by atoms with van der Waals surface area (Å²) in [7, 11) is 0. The van der Waals surface area contributed by atoms with Crippen molar-refractivity contribution in [2.75, 3.05) is 26.2 Å². The molecule has 0 saturated carbocycles. The molecule has 0 bridgehead atoms. The molecular weight excluding hydrogens is 553 g/mol. The summed E-state index contributed by atoms with van der Waals surface area (Å²) in [5.41, 5.74) is 1.69. The molecule has 0 fully saturated rings. The van der Waals surface area contributed by atoms with Crippen LogP contribution < -0.4 is 5.46 Å². The van der Waals surface area contributed by atoms with Crippen LogP contribution in [-0.4, -0.2) is 36.8 Å². The molecule has 0 aliphatic rings. The average molecular weight is 626 g/mol. The van der Waals surface area contributed by atoms with E-state index in [4.69, 9.17) is 0 Å². The summed E-state index contributed by atoms with van der Waals surface area (Å²) in [6.07, 6.45) is 22.7. The monoisotopic (exact) mass is 626 g/mol. The maximum atomic E-state index is 2.52. The molecule has 46 heavy (non-hydrogen) atoms. The van der Waals surface area contributed by atoms with Gasteiger partial charge in [0.1, 0.15) is 0 Å². The Morgan fingerprint density at radius 3 is 1.20 bits per heavy atom. The van der Waals surface area contributed by atoms with E-state index in [9.17, 15) is 0 Å². The fourth-order valence-electron chi connectivity index (χ4n) is 8.62. The highest BCUT2D eigenvalue weighted by atomic mass is 15.3. The first kappa shape index (κ1) is 38.4. The third-order valence-corrected chi connectivity index (χ3v) is 11.5. The summed E-state index contributed by atoms with van der Waals surface area (Å²) in [6, 6.07) is 21.1. The van der Waals surface area contributed by atoms with Crippen molar-refractivity contribution in [3.63, 3.8) is 0 Å². The third kappa shape index (κ3) is 9.98. The van der Waals surface area contributed by atoms with E-state index in [1.165, 1.54) is 172 Å². The van der Waals surface area contributed by atoms with Crippen LogP contribution >= 0.6 is 0 Å². The Kier molecular flexibility index (Phi) is 17.0. The Bertz CT molecular complexity index is 1300. The fraction of sp³-hybridized carbons (Fsp3) is 0.636. The van der Waals surface area contributed by atoms with Crippen molar-refractivity contribution in [2.24, 2.45) is 0 Å². The van der Waals surface area contributed by atoms with Crippen LogP contribution in [0.1, 0.15) is 138 Å². The highest BCUT2D eigenvalue weighted by Crippen LogP contribution is 2.37. The van der Waals surface area contributed by atoms with E-state index in [1.807, 2.05) is 0 Å². The SMILES string of the molecule is CCCC[B-](CCCC)(CCCC)c1ccc2ccc3cccc4ccc1c2c34.CCCC[N+](CCCC)(CCCC)CCCC. The molecule has 0 atom stereocenters. The van der Waals surface area contributed by atoms with Crippen LogP contribution in [0.25, 0.3) is 32.3 Å². The Labute approximate surface area is 285 Å². The van der Waals surface area contributed by atoms with Gasteiger partial charge in [-0.25, -0.2) is 5.46 Å². The quantitative estimate of drug-likeness (QED) is 0.0463. The number of benzene rings is 4. The van der Waals surface area contributed by atoms with Crippen LogP contribution in [0, 0.1) is 0 Å². The van der Waals surface area contributed by atoms with Gasteiger partial charge in [-0.3, -0.25) is 0 Å². The largest absolute Gasteiger partial charge is 0.324 e. The van der Waals surface area contributed by atoms with Crippen molar-refractivity contribution in [3.8, 4) is 0 Å². The van der Waals surface area contributed by atoms with Crippen LogP contribution in [0.5, 0.6) is 0 Å². The summed E-state index contributed by atoms with van der Waals surface area (Å²) in [6.45, 7) is 22.1. The van der Waals surface area contributed by atoms with E-state index in [1.54, 1.807) is 5.46 Å². The minimum Gasteiger partial charge on any atom is -0.324 e. The van der Waals surface area contributed by atoms with E-state index < -0.39 is 6.15 Å². The summed E-state index contributed by atoms with van der Waals surface area (Å²) in [5.74, 6) is 0. The lowest BCUT2D eigenvalue weighted by atomic mass is 9.16. The molecule has 0 N–H and O–H groups in total. The lowest BCUT2D eigenvalue weighted by Gasteiger charge is -2.42. The van der Waals surface area contributed by atoms with Gasteiger partial charge in [0.15, 0.2) is 0 Å². The number of hydrogen-bond acceptors (Lipinski definition) is 0. The van der Waals surface area contributed by atoms with Crippen LogP contribution in [0.15, 0.2) is 54.6 Å². The zero-order valence-corrected chi connectivity index (χ0v) is 31.6. The first-order chi connectivity index (χ1) is 22.5. The van der Waals surface area contributed by atoms with Gasteiger partial charge in [-0.05, 0) is 52.6 Å². The van der Waals surface area contributed by atoms with Gasteiger partial charge in [-0.1, -0.05) is 173 Å². The van der Waals surface area contributed by atoms with E-state index >= 15 is 0 Å². The molecule has 0 unspecified atom stereocenters. The van der Waals surface area contributed by atoms with E-state index in [0.29, 0.717) is 0 Å². The molecule has 0 radical (unpaired) electrons. The van der Waals surface area contributed by atoms with Gasteiger partial charge >= 0.3 is 0 Å². The van der Waals surface area contributed by atoms with Gasteiger partial charge in [0.05, 0.1) is 26.2 Å². The van der Waals surface area contributed by atoms with Gasteiger partial charge in [-0.15, -0.1) is 0 Å². The van der Waals surface area contributed by atoms with Crippen molar-refractivity contribution in [1.82, 2.24) is 0 Å². The molecular formula is C44H72BN. The topological polar surface area (TPSA) is 0 Å². The van der Waals surface area contributed by atoms with Gasteiger partial charge in [0, 0.05) is 6.15 Å². The van der Waals surface area contributed by atoms with Crippen LogP contribution in [0.3, 0.4) is 0 Å². The number of hydrogen-bond donors (Lipinski definition) is 0. The molecule has 256 valence electrons. The van der Waals surface area contributed by atoms with Crippen LogP contribution in [-0.2, 0) is 0 Å². The van der Waals surface area contributed by atoms with Gasteiger partial charge < -0.3 is 4.48 Å². The molecule has 0 heterocycles. The lowest BCUT2D eigenvalue weighted by molar-refractivity contribution is -0.929. The molecule has 0 amide bonds. The predicted molar refractivity (Wildman–Crippen MR) is 214 cm³/mol. The van der Waals surface area contributed by atoms with Crippen molar-refractivity contribution in [1.29, 1.82) is 0 Å². The number of unbranched alkanes of at least 4 members (excludes halogenated alkanes) is 7. The first-order valence-electron chi connectivity index (χ1n) is 20.2. The van der Waals surface area contributed by atoms with Crippen molar-refractivity contribution < 1.29 is 4.48 Å². The maximum Gasteiger partial charge on any atom is 0.0786 e. The van der Waals surface area contributed by atoms with Crippen molar-refractivity contribution >= 4 is 43.9 Å². The smallest absolute Gasteiger partial charge is 0.0786 e. The molecule has 0 aliphatic carbocycles. The molecule has 4 aromatic rings. The molecule has 0 aromatic heterocycles. The van der Waals surface area contributed by atoms with Gasteiger partial charge in [-0.2, -0.15) is 19.0 Å². The van der Waals surface area contributed by atoms with Gasteiger partial charge in [0.25, 0.3) is 0 Å². The average Bonchev–Trinajstić information content (AvgIpc) is 3.10. The highest BCUT2D eigenvalue weighted by Gasteiger charge is 2.27. The minimum atomic E-state index is -0.509. The summed E-state index contributed by atoms with van der Waals surface area (Å²) >= 11 is 0. The van der Waals surface area contributed by atoms with Crippen LogP contribution in [0.4, 0.5) is 0 Å². The second-order valence-electron chi connectivity index (χ2n) is 15.1. The van der Waals surface area contributed by atoms with Crippen LogP contribution in [0.2, 0.25) is 19.0 Å². The zero-order valence-electron chi connectivity index (χ0n) is 31.6. The zero-order chi connectivity index (χ0) is 33.3. The lowest BCUT2D eigenvalue weighted by Crippen LogP contribution is -2.50. The molecule has 4 aromatic carbocycles. The van der Waals surface area contributed by atoms with E-state index in [-0.39, 0.29) is 0 Å². The van der Waals surface area contributed by atoms with Crippen molar-refractivity contribution in [3.05, 3.63) is 54.6 Å². The standard InChI is InChI=1S/C28H36B.C16H36N/c1-4-7-19-29(20-8-5-2,21-9-6-3)26-18-16-24-14-13-22-11-10-12-23-15-17-25(26)28(24)27(22)23;1-5-9-13-17(14-10-6-2,15-11-7-3)16-12-8-4/h10-18H,4-9,19-21H2,1-3H3;5-16H2,1-4H3/q-1;+1. The molecule has 4 rings (SSSR count). The number of nitrogens with zero attached hydrogens (tertiary/aromatic N) is 1. The number of rotatable bonds is 22. The van der Waals surface area contributed by atoms with Gasteiger partial charge in [0.2, 0.25) is 0 Å². The molecule has 1 nitrogen and oxygen atoms in total. The maximum absolute atomic E-state index is 2.52. The van der Waals surface area contributed by atoms with Crippen molar-refractivity contribution in [2.45, 2.75) is 157 Å². The molecule has 0 spiro atoms. The summed E-state index contributed by atoms with van der Waals surface area (Å²) < 4.78 is 1.42.